The number of hydrogen-bond donors (Lipinski definition) is 1. The van der Waals surface area contributed by atoms with Crippen LogP contribution < -0.4 is 5.73 Å². The highest BCUT2D eigenvalue weighted by Crippen LogP contribution is 2.19. The molecule has 0 aromatic heterocycles. The molecule has 4 heteroatoms. The minimum absolute atomic E-state index is 0.121. The zero-order valence-electron chi connectivity index (χ0n) is 10.3. The van der Waals surface area contributed by atoms with Crippen molar-refractivity contribution in [2.24, 2.45) is 11.7 Å². The van der Waals surface area contributed by atoms with Crippen LogP contribution in [0, 0.1) is 5.92 Å². The molecule has 0 saturated carbocycles. The minimum atomic E-state index is -0.642. The summed E-state index contributed by atoms with van der Waals surface area (Å²) in [5.41, 5.74) is 6.38. The third kappa shape index (κ3) is 2.88. The zero-order valence-corrected chi connectivity index (χ0v) is 10.3. The molecule has 2 rings (SSSR count). The van der Waals surface area contributed by atoms with E-state index < -0.39 is 11.8 Å². The van der Waals surface area contributed by atoms with Gasteiger partial charge in [0.1, 0.15) is 5.92 Å². The first-order valence-electron chi connectivity index (χ1n) is 6.30. The van der Waals surface area contributed by atoms with E-state index >= 15 is 0 Å². The molecular weight excluding hydrogens is 228 g/mol. The Hall–Kier alpha value is -1.84. The van der Waals surface area contributed by atoms with Crippen molar-refractivity contribution in [2.45, 2.75) is 25.8 Å². The lowest BCUT2D eigenvalue weighted by molar-refractivity contribution is -0.140. The number of rotatable bonds is 3. The Morgan fingerprint density at radius 1 is 1.28 bits per heavy atom. The van der Waals surface area contributed by atoms with Gasteiger partial charge >= 0.3 is 0 Å². The fourth-order valence-corrected chi connectivity index (χ4v) is 2.33. The summed E-state index contributed by atoms with van der Waals surface area (Å²) in [5, 5.41) is 0. The van der Waals surface area contributed by atoms with Gasteiger partial charge in [-0.1, -0.05) is 36.8 Å². The van der Waals surface area contributed by atoms with Gasteiger partial charge in [0.2, 0.25) is 11.8 Å². The van der Waals surface area contributed by atoms with Gasteiger partial charge in [0.25, 0.3) is 0 Å². The first kappa shape index (κ1) is 12.6. The maximum absolute atomic E-state index is 12.2. The van der Waals surface area contributed by atoms with Gasteiger partial charge in [-0.25, -0.2) is 0 Å². The van der Waals surface area contributed by atoms with Crippen molar-refractivity contribution in [1.82, 2.24) is 4.90 Å². The Labute approximate surface area is 107 Å². The molecule has 1 aromatic rings. The quantitative estimate of drug-likeness (QED) is 0.817. The molecule has 1 saturated heterocycles. The lowest BCUT2D eigenvalue weighted by atomic mass is 10.0. The molecule has 0 radical (unpaired) electrons. The van der Waals surface area contributed by atoms with E-state index in [4.69, 9.17) is 5.73 Å². The van der Waals surface area contributed by atoms with Crippen molar-refractivity contribution < 1.29 is 9.59 Å². The standard InChI is InChI=1S/C14H18N2O2/c15-13(17)12-8-4-5-9-16(14(12)18)10-11-6-2-1-3-7-11/h1-3,6-7,12H,4-5,8-10H2,(H2,15,17). The summed E-state index contributed by atoms with van der Waals surface area (Å²) >= 11 is 0. The topological polar surface area (TPSA) is 63.4 Å². The molecule has 1 atom stereocenters. The summed E-state index contributed by atoms with van der Waals surface area (Å²) in [5.74, 6) is -1.26. The van der Waals surface area contributed by atoms with Crippen LogP contribution in [0.25, 0.3) is 0 Å². The summed E-state index contributed by atoms with van der Waals surface area (Å²) in [6, 6.07) is 9.81. The Morgan fingerprint density at radius 3 is 2.67 bits per heavy atom. The Morgan fingerprint density at radius 2 is 2.00 bits per heavy atom. The van der Waals surface area contributed by atoms with E-state index in [9.17, 15) is 9.59 Å². The summed E-state index contributed by atoms with van der Waals surface area (Å²) in [7, 11) is 0. The molecule has 1 aromatic carbocycles. The van der Waals surface area contributed by atoms with Gasteiger partial charge in [-0.2, -0.15) is 0 Å². The molecule has 1 unspecified atom stereocenters. The number of benzene rings is 1. The van der Waals surface area contributed by atoms with E-state index in [2.05, 4.69) is 0 Å². The van der Waals surface area contributed by atoms with Crippen LogP contribution in [0.3, 0.4) is 0 Å². The Balaban J connectivity index is 2.11. The number of carbonyl (C=O) groups is 2. The van der Waals surface area contributed by atoms with E-state index in [-0.39, 0.29) is 5.91 Å². The van der Waals surface area contributed by atoms with Gasteiger partial charge in [0, 0.05) is 13.1 Å². The van der Waals surface area contributed by atoms with Gasteiger partial charge in [0.05, 0.1) is 0 Å². The largest absolute Gasteiger partial charge is 0.369 e. The molecule has 1 aliphatic rings. The monoisotopic (exact) mass is 246 g/mol. The summed E-state index contributed by atoms with van der Waals surface area (Å²) < 4.78 is 0. The predicted octanol–water partition coefficient (Wildman–Crippen LogP) is 1.30. The Bertz CT molecular complexity index is 431. The second kappa shape index (κ2) is 5.67. The molecule has 96 valence electrons. The van der Waals surface area contributed by atoms with E-state index in [1.807, 2.05) is 30.3 Å². The fraction of sp³-hybridized carbons (Fsp3) is 0.429. The van der Waals surface area contributed by atoms with Crippen molar-refractivity contribution in [3.8, 4) is 0 Å². The van der Waals surface area contributed by atoms with Crippen LogP contribution in [0.4, 0.5) is 0 Å². The lowest BCUT2D eigenvalue weighted by Gasteiger charge is -2.23. The average molecular weight is 246 g/mol. The van der Waals surface area contributed by atoms with Gasteiger partial charge in [-0.05, 0) is 18.4 Å². The van der Waals surface area contributed by atoms with E-state index in [0.29, 0.717) is 19.5 Å². The van der Waals surface area contributed by atoms with Crippen molar-refractivity contribution in [1.29, 1.82) is 0 Å². The number of carbonyl (C=O) groups excluding carboxylic acids is 2. The Kier molecular flexibility index (Phi) is 3.97. The third-order valence-corrected chi connectivity index (χ3v) is 3.34. The second-order valence-corrected chi connectivity index (χ2v) is 4.70. The average Bonchev–Trinajstić information content (AvgIpc) is 2.54. The second-order valence-electron chi connectivity index (χ2n) is 4.70. The first-order chi connectivity index (χ1) is 8.68. The number of nitrogens with zero attached hydrogens (tertiary/aromatic N) is 1. The number of nitrogens with two attached hydrogens (primary N) is 1. The van der Waals surface area contributed by atoms with Gasteiger partial charge in [-0.3, -0.25) is 9.59 Å². The van der Waals surface area contributed by atoms with E-state index in [1.54, 1.807) is 4.90 Å². The number of amides is 2. The lowest BCUT2D eigenvalue weighted by Crippen LogP contribution is -2.40. The van der Waals surface area contributed by atoms with Crippen molar-refractivity contribution in [2.75, 3.05) is 6.54 Å². The zero-order chi connectivity index (χ0) is 13.0. The van der Waals surface area contributed by atoms with Crippen LogP contribution in [0.2, 0.25) is 0 Å². The molecule has 2 amide bonds. The SMILES string of the molecule is NC(=O)C1CCCCN(Cc2ccccc2)C1=O. The number of likely N-dealkylation sites (tertiary alicyclic amines) is 1. The van der Waals surface area contributed by atoms with Crippen LogP contribution in [-0.2, 0) is 16.1 Å². The summed E-state index contributed by atoms with van der Waals surface area (Å²) in [6.45, 7) is 1.26. The van der Waals surface area contributed by atoms with Crippen molar-refractivity contribution in [3.63, 3.8) is 0 Å². The smallest absolute Gasteiger partial charge is 0.235 e. The summed E-state index contributed by atoms with van der Waals surface area (Å²) in [6.07, 6.45) is 2.40. The number of hydrogen-bond acceptors (Lipinski definition) is 2. The molecule has 1 fully saturated rings. The molecular formula is C14H18N2O2. The van der Waals surface area contributed by atoms with E-state index in [0.717, 1.165) is 18.4 Å². The molecule has 18 heavy (non-hydrogen) atoms. The van der Waals surface area contributed by atoms with Crippen LogP contribution >= 0.6 is 0 Å². The van der Waals surface area contributed by atoms with E-state index in [1.165, 1.54) is 0 Å². The van der Waals surface area contributed by atoms with Gasteiger partial charge in [-0.15, -0.1) is 0 Å². The summed E-state index contributed by atoms with van der Waals surface area (Å²) in [4.78, 5) is 25.3. The van der Waals surface area contributed by atoms with Gasteiger partial charge < -0.3 is 10.6 Å². The molecule has 1 aliphatic heterocycles. The predicted molar refractivity (Wildman–Crippen MR) is 68.4 cm³/mol. The van der Waals surface area contributed by atoms with Crippen LogP contribution in [0.15, 0.2) is 30.3 Å². The third-order valence-electron chi connectivity index (χ3n) is 3.34. The van der Waals surface area contributed by atoms with Crippen LogP contribution in [0.5, 0.6) is 0 Å². The van der Waals surface area contributed by atoms with Crippen molar-refractivity contribution in [3.05, 3.63) is 35.9 Å². The molecule has 0 bridgehead atoms. The normalized spacial score (nSPS) is 20.6. The van der Waals surface area contributed by atoms with Gasteiger partial charge in [0.15, 0.2) is 0 Å². The number of primary amides is 1. The minimum Gasteiger partial charge on any atom is -0.369 e. The molecule has 1 heterocycles. The maximum atomic E-state index is 12.2. The van der Waals surface area contributed by atoms with Crippen LogP contribution in [-0.4, -0.2) is 23.3 Å². The highest BCUT2D eigenvalue weighted by molar-refractivity contribution is 5.99. The maximum Gasteiger partial charge on any atom is 0.235 e. The molecule has 0 spiro atoms. The molecule has 4 nitrogen and oxygen atoms in total. The fourth-order valence-electron chi connectivity index (χ4n) is 2.33. The first-order valence-corrected chi connectivity index (χ1v) is 6.30. The van der Waals surface area contributed by atoms with Crippen LogP contribution in [0.1, 0.15) is 24.8 Å². The molecule has 0 aliphatic carbocycles. The molecule has 2 N–H and O–H groups in total. The highest BCUT2D eigenvalue weighted by Gasteiger charge is 2.30. The highest BCUT2D eigenvalue weighted by atomic mass is 16.2. The van der Waals surface area contributed by atoms with Crippen molar-refractivity contribution >= 4 is 11.8 Å².